The monoisotopic (exact) mass is 351 g/mol. The van der Waals surface area contributed by atoms with Gasteiger partial charge in [0.1, 0.15) is 4.90 Å². The molecule has 1 N–H and O–H groups in total. The van der Waals surface area contributed by atoms with Gasteiger partial charge in [-0.3, -0.25) is 0 Å². The molecule has 0 aromatic heterocycles. The van der Waals surface area contributed by atoms with Gasteiger partial charge < -0.3 is 10.2 Å². The smallest absolute Gasteiger partial charge is 0.244 e. The van der Waals surface area contributed by atoms with Crippen LogP contribution in [0.1, 0.15) is 5.56 Å². The summed E-state index contributed by atoms with van der Waals surface area (Å²) in [5, 5.41) is 3.61. The van der Waals surface area contributed by atoms with Gasteiger partial charge in [-0.2, -0.15) is 4.31 Å². The second-order valence-electron chi connectivity index (χ2n) is 5.08. The third-order valence-electron chi connectivity index (χ3n) is 3.58. The summed E-state index contributed by atoms with van der Waals surface area (Å²) in [7, 11) is 0.149. The van der Waals surface area contributed by atoms with Crippen LogP contribution in [-0.4, -0.2) is 57.9 Å². The van der Waals surface area contributed by atoms with E-state index in [9.17, 15) is 8.42 Å². The highest BCUT2D eigenvalue weighted by molar-refractivity contribution is 7.89. The van der Waals surface area contributed by atoms with Crippen molar-refractivity contribution < 1.29 is 8.42 Å². The van der Waals surface area contributed by atoms with E-state index in [1.54, 1.807) is 13.1 Å². The van der Waals surface area contributed by atoms with E-state index in [2.05, 4.69) is 10.2 Å². The van der Waals surface area contributed by atoms with Gasteiger partial charge in [-0.05, 0) is 26.2 Å². The van der Waals surface area contributed by atoms with Crippen molar-refractivity contribution >= 4 is 33.2 Å². The van der Waals surface area contributed by atoms with Gasteiger partial charge in [0.05, 0.1) is 5.02 Å². The van der Waals surface area contributed by atoms with E-state index in [4.69, 9.17) is 23.2 Å². The lowest BCUT2D eigenvalue weighted by molar-refractivity contribution is 0.222. The summed E-state index contributed by atoms with van der Waals surface area (Å²) in [5.41, 5.74) is 0.607. The predicted molar refractivity (Wildman–Crippen MR) is 85.5 cm³/mol. The average molecular weight is 352 g/mol. The minimum atomic E-state index is -3.59. The van der Waals surface area contributed by atoms with Crippen molar-refractivity contribution in [1.82, 2.24) is 14.5 Å². The Morgan fingerprint density at radius 3 is 2.38 bits per heavy atom. The van der Waals surface area contributed by atoms with Gasteiger partial charge in [-0.15, -0.1) is 0 Å². The van der Waals surface area contributed by atoms with Crippen LogP contribution in [0.2, 0.25) is 10.0 Å². The van der Waals surface area contributed by atoms with Crippen molar-refractivity contribution in [2.24, 2.45) is 0 Å². The van der Waals surface area contributed by atoms with Crippen molar-refractivity contribution in [3.63, 3.8) is 0 Å². The quantitative estimate of drug-likeness (QED) is 0.895. The summed E-state index contributed by atoms with van der Waals surface area (Å²) in [6.07, 6.45) is 0. The highest BCUT2D eigenvalue weighted by Crippen LogP contribution is 2.32. The third kappa shape index (κ3) is 3.52. The molecule has 1 aromatic carbocycles. The molecule has 0 aliphatic carbocycles. The minimum Gasteiger partial charge on any atom is -0.316 e. The summed E-state index contributed by atoms with van der Waals surface area (Å²) >= 11 is 12.4. The molecule has 2 rings (SSSR count). The van der Waals surface area contributed by atoms with E-state index in [0.717, 1.165) is 0 Å². The van der Waals surface area contributed by atoms with Crippen molar-refractivity contribution in [2.45, 2.75) is 11.4 Å². The Morgan fingerprint density at radius 1 is 1.19 bits per heavy atom. The van der Waals surface area contributed by atoms with E-state index in [-0.39, 0.29) is 9.92 Å². The number of sulfonamides is 1. The maximum Gasteiger partial charge on any atom is 0.244 e. The fourth-order valence-electron chi connectivity index (χ4n) is 2.28. The zero-order valence-corrected chi connectivity index (χ0v) is 14.4. The highest BCUT2D eigenvalue weighted by atomic mass is 35.5. The Balaban J connectivity index is 2.38. The molecule has 21 heavy (non-hydrogen) atoms. The maximum absolute atomic E-state index is 12.7. The van der Waals surface area contributed by atoms with Crippen LogP contribution in [0.3, 0.4) is 0 Å². The first-order chi connectivity index (χ1) is 9.87. The molecule has 0 saturated carbocycles. The standard InChI is InChI=1S/C13H19Cl2N3O2S/c1-16-9-10-11(14)3-4-12(13(10)15)21(19,20)18-7-5-17(2)6-8-18/h3-4,16H,5-9H2,1-2H3. The Hall–Kier alpha value is -0.370. The zero-order chi connectivity index (χ0) is 15.6. The van der Waals surface area contributed by atoms with Gasteiger partial charge in [-0.25, -0.2) is 8.42 Å². The van der Waals surface area contributed by atoms with Crippen LogP contribution in [0.25, 0.3) is 0 Å². The van der Waals surface area contributed by atoms with E-state index in [1.807, 2.05) is 7.05 Å². The number of rotatable bonds is 4. The van der Waals surface area contributed by atoms with E-state index in [1.165, 1.54) is 10.4 Å². The van der Waals surface area contributed by atoms with Crippen molar-refractivity contribution in [2.75, 3.05) is 40.3 Å². The van der Waals surface area contributed by atoms with Crippen molar-refractivity contribution in [3.05, 3.63) is 27.7 Å². The fraction of sp³-hybridized carbons (Fsp3) is 0.538. The second kappa shape index (κ2) is 6.81. The van der Waals surface area contributed by atoms with E-state index >= 15 is 0 Å². The first kappa shape index (κ1) is 17.0. The number of benzene rings is 1. The van der Waals surface area contributed by atoms with Gasteiger partial charge in [0.2, 0.25) is 10.0 Å². The van der Waals surface area contributed by atoms with Gasteiger partial charge in [0.15, 0.2) is 0 Å². The van der Waals surface area contributed by atoms with Crippen LogP contribution in [0.15, 0.2) is 17.0 Å². The van der Waals surface area contributed by atoms with Gasteiger partial charge >= 0.3 is 0 Å². The minimum absolute atomic E-state index is 0.128. The zero-order valence-electron chi connectivity index (χ0n) is 12.1. The van der Waals surface area contributed by atoms with Crippen LogP contribution in [0.4, 0.5) is 0 Å². The summed E-state index contributed by atoms with van der Waals surface area (Å²) in [5.74, 6) is 0. The van der Waals surface area contributed by atoms with Gasteiger partial charge in [0, 0.05) is 43.3 Å². The van der Waals surface area contributed by atoms with Crippen LogP contribution < -0.4 is 5.32 Å². The molecule has 5 nitrogen and oxygen atoms in total. The first-order valence-electron chi connectivity index (χ1n) is 6.68. The number of likely N-dealkylation sites (N-methyl/N-ethyl adjacent to an activating group) is 1. The molecule has 118 valence electrons. The Morgan fingerprint density at radius 2 is 1.81 bits per heavy atom. The van der Waals surface area contributed by atoms with Crippen LogP contribution in [0.5, 0.6) is 0 Å². The van der Waals surface area contributed by atoms with Crippen LogP contribution >= 0.6 is 23.2 Å². The Bertz CT molecular complexity index is 614. The molecule has 0 amide bonds. The largest absolute Gasteiger partial charge is 0.316 e. The van der Waals surface area contributed by atoms with Gasteiger partial charge in [-0.1, -0.05) is 23.2 Å². The normalized spacial score (nSPS) is 18.1. The SMILES string of the molecule is CNCc1c(Cl)ccc(S(=O)(=O)N2CCN(C)CC2)c1Cl. The predicted octanol–water partition coefficient (Wildman–Crippen LogP) is 1.65. The number of halogens is 2. The molecule has 0 atom stereocenters. The van der Waals surface area contributed by atoms with Gasteiger partial charge in [0.25, 0.3) is 0 Å². The second-order valence-corrected chi connectivity index (χ2v) is 7.77. The molecule has 1 aliphatic heterocycles. The first-order valence-corrected chi connectivity index (χ1v) is 8.87. The highest BCUT2D eigenvalue weighted by Gasteiger charge is 2.30. The van der Waals surface area contributed by atoms with Crippen LogP contribution in [-0.2, 0) is 16.6 Å². The Kier molecular flexibility index (Phi) is 5.51. The number of nitrogens with zero attached hydrogens (tertiary/aromatic N) is 2. The molecule has 8 heteroatoms. The molecule has 1 saturated heterocycles. The number of hydrogen-bond donors (Lipinski definition) is 1. The molecule has 1 heterocycles. The van der Waals surface area contributed by atoms with E-state index in [0.29, 0.717) is 43.3 Å². The third-order valence-corrected chi connectivity index (χ3v) is 6.42. The maximum atomic E-state index is 12.7. The summed E-state index contributed by atoms with van der Waals surface area (Å²) < 4.78 is 27.0. The molecular formula is C13H19Cl2N3O2S. The lowest BCUT2D eigenvalue weighted by Crippen LogP contribution is -2.47. The van der Waals surface area contributed by atoms with E-state index < -0.39 is 10.0 Å². The average Bonchev–Trinajstić information content (AvgIpc) is 2.43. The van der Waals surface area contributed by atoms with Crippen molar-refractivity contribution in [1.29, 1.82) is 0 Å². The molecule has 1 aromatic rings. The number of nitrogens with one attached hydrogen (secondary N) is 1. The lowest BCUT2D eigenvalue weighted by Gasteiger charge is -2.31. The molecule has 1 fully saturated rings. The molecule has 0 unspecified atom stereocenters. The number of piperazine rings is 1. The summed E-state index contributed by atoms with van der Waals surface area (Å²) in [6, 6.07) is 3.07. The molecule has 1 aliphatic rings. The van der Waals surface area contributed by atoms with Crippen molar-refractivity contribution in [3.8, 4) is 0 Å². The molecular weight excluding hydrogens is 333 g/mol. The fourth-order valence-corrected chi connectivity index (χ4v) is 4.59. The van der Waals surface area contributed by atoms with Crippen LogP contribution in [0, 0.1) is 0 Å². The molecule has 0 spiro atoms. The summed E-state index contributed by atoms with van der Waals surface area (Å²) in [4.78, 5) is 2.23. The molecule has 0 radical (unpaired) electrons. The summed E-state index contributed by atoms with van der Waals surface area (Å²) in [6.45, 7) is 2.80. The Labute approximate surface area is 135 Å². The molecule has 0 bridgehead atoms. The lowest BCUT2D eigenvalue weighted by atomic mass is 10.2. The topological polar surface area (TPSA) is 52.7 Å². The number of hydrogen-bond acceptors (Lipinski definition) is 4.